The van der Waals surface area contributed by atoms with Crippen LogP contribution < -0.4 is 30.7 Å². The molecule has 0 radical (unpaired) electrons. The number of carbonyl (C=O) groups is 4. The zero-order chi connectivity index (χ0) is 29.9. The van der Waals surface area contributed by atoms with Crippen molar-refractivity contribution in [1.29, 1.82) is 0 Å². The lowest BCUT2D eigenvalue weighted by Crippen LogP contribution is -2.55. The van der Waals surface area contributed by atoms with Gasteiger partial charge < -0.3 is 30.7 Å². The zero-order valence-corrected chi connectivity index (χ0v) is 24.6. The number of para-hydroxylation sites is 1. The fourth-order valence-corrected chi connectivity index (χ4v) is 4.52. The summed E-state index contributed by atoms with van der Waals surface area (Å²) in [4.78, 5) is 52.8. The van der Waals surface area contributed by atoms with Crippen molar-refractivity contribution in [3.05, 3.63) is 59.1 Å². The molecule has 0 unspecified atom stereocenters. The number of hydrogen-bond donors (Lipinski definition) is 4. The van der Waals surface area contributed by atoms with Crippen LogP contribution in [0.1, 0.15) is 50.9 Å². The molecule has 11 heteroatoms. The van der Waals surface area contributed by atoms with Crippen LogP contribution in [-0.2, 0) is 14.4 Å². The average Bonchev–Trinajstić information content (AvgIpc) is 2.92. The van der Waals surface area contributed by atoms with Crippen LogP contribution in [0, 0.1) is 11.8 Å². The number of halogens is 1. The monoisotopic (exact) mass is 586 g/mol. The van der Waals surface area contributed by atoms with Crippen molar-refractivity contribution in [2.24, 2.45) is 11.8 Å². The normalized spacial score (nSPS) is 20.2. The quantitative estimate of drug-likeness (QED) is 0.351. The van der Waals surface area contributed by atoms with E-state index in [1.165, 1.54) is 0 Å². The summed E-state index contributed by atoms with van der Waals surface area (Å²) in [7, 11) is 0. The zero-order valence-electron chi connectivity index (χ0n) is 23.9. The van der Waals surface area contributed by atoms with Crippen LogP contribution >= 0.6 is 11.6 Å². The van der Waals surface area contributed by atoms with Crippen molar-refractivity contribution in [1.82, 2.24) is 21.3 Å². The van der Waals surface area contributed by atoms with Gasteiger partial charge in [-0.1, -0.05) is 51.4 Å². The SMILES string of the molecule is CC(C)C[C@@H]1COc2ccccc2C(=O)N[C@H](C(=O)NCCOc2ccc(Cl)cc2)CC(=O)N[C@H](C(C)C)C(=O)N1. The fraction of sp³-hybridized carbons (Fsp3) is 0.467. The van der Waals surface area contributed by atoms with Crippen LogP contribution in [0.3, 0.4) is 0 Å². The number of hydrogen-bond acceptors (Lipinski definition) is 6. The van der Waals surface area contributed by atoms with Gasteiger partial charge in [-0.15, -0.1) is 0 Å². The highest BCUT2D eigenvalue weighted by Gasteiger charge is 2.31. The molecule has 0 spiro atoms. The molecule has 0 aromatic heterocycles. The molecule has 4 N–H and O–H groups in total. The van der Waals surface area contributed by atoms with Gasteiger partial charge in [0.05, 0.1) is 24.6 Å². The molecule has 1 aliphatic rings. The molecule has 4 amide bonds. The van der Waals surface area contributed by atoms with Crippen molar-refractivity contribution in [2.75, 3.05) is 19.8 Å². The third kappa shape index (κ3) is 9.97. The van der Waals surface area contributed by atoms with Gasteiger partial charge in [-0.25, -0.2) is 0 Å². The second-order valence-electron chi connectivity index (χ2n) is 10.8. The highest BCUT2D eigenvalue weighted by Crippen LogP contribution is 2.20. The van der Waals surface area contributed by atoms with E-state index >= 15 is 0 Å². The molecule has 0 saturated heterocycles. The van der Waals surface area contributed by atoms with Gasteiger partial charge in [0.15, 0.2) is 0 Å². The molecule has 1 aliphatic heterocycles. The van der Waals surface area contributed by atoms with Gasteiger partial charge in [0.1, 0.15) is 36.8 Å². The molecular formula is C30H39ClN4O6. The molecule has 41 heavy (non-hydrogen) atoms. The molecule has 222 valence electrons. The molecular weight excluding hydrogens is 548 g/mol. The van der Waals surface area contributed by atoms with Gasteiger partial charge in [-0.2, -0.15) is 0 Å². The first-order valence-corrected chi connectivity index (χ1v) is 14.2. The molecule has 3 atom stereocenters. The van der Waals surface area contributed by atoms with Gasteiger partial charge in [0.2, 0.25) is 17.7 Å². The van der Waals surface area contributed by atoms with Crippen molar-refractivity contribution in [2.45, 2.75) is 58.7 Å². The lowest BCUT2D eigenvalue weighted by atomic mass is 10.00. The Morgan fingerprint density at radius 2 is 1.73 bits per heavy atom. The molecule has 0 fully saturated rings. The van der Waals surface area contributed by atoms with E-state index in [2.05, 4.69) is 21.3 Å². The summed E-state index contributed by atoms with van der Waals surface area (Å²) in [6.45, 7) is 8.14. The third-order valence-electron chi connectivity index (χ3n) is 6.43. The van der Waals surface area contributed by atoms with E-state index in [4.69, 9.17) is 21.1 Å². The van der Waals surface area contributed by atoms with E-state index in [0.29, 0.717) is 22.9 Å². The van der Waals surface area contributed by atoms with Crippen LogP contribution in [-0.4, -0.2) is 61.5 Å². The molecule has 3 rings (SSSR count). The van der Waals surface area contributed by atoms with Crippen molar-refractivity contribution in [3.63, 3.8) is 0 Å². The van der Waals surface area contributed by atoms with Gasteiger partial charge in [0, 0.05) is 5.02 Å². The summed E-state index contributed by atoms with van der Waals surface area (Å²) in [6.07, 6.45) is 0.271. The van der Waals surface area contributed by atoms with Crippen LogP contribution in [0.15, 0.2) is 48.5 Å². The van der Waals surface area contributed by atoms with E-state index in [9.17, 15) is 19.2 Å². The Balaban J connectivity index is 1.79. The van der Waals surface area contributed by atoms with Gasteiger partial charge in [-0.3, -0.25) is 19.2 Å². The van der Waals surface area contributed by atoms with Crippen molar-refractivity contribution >= 4 is 35.2 Å². The number of amides is 4. The third-order valence-corrected chi connectivity index (χ3v) is 6.69. The Morgan fingerprint density at radius 1 is 1.02 bits per heavy atom. The summed E-state index contributed by atoms with van der Waals surface area (Å²) in [5, 5.41) is 11.7. The first-order chi connectivity index (χ1) is 19.5. The molecule has 1 heterocycles. The fourth-order valence-electron chi connectivity index (χ4n) is 4.39. The Morgan fingerprint density at radius 3 is 2.41 bits per heavy atom. The maximum atomic E-state index is 13.3. The first-order valence-electron chi connectivity index (χ1n) is 13.8. The Bertz CT molecular complexity index is 1200. The van der Waals surface area contributed by atoms with Crippen LogP contribution in [0.5, 0.6) is 11.5 Å². The molecule has 10 nitrogen and oxygen atoms in total. The summed E-state index contributed by atoms with van der Waals surface area (Å²) in [5.74, 6) is -1.07. The highest BCUT2D eigenvalue weighted by atomic mass is 35.5. The summed E-state index contributed by atoms with van der Waals surface area (Å²) >= 11 is 5.89. The number of rotatable bonds is 8. The van der Waals surface area contributed by atoms with E-state index in [1.807, 2.05) is 27.7 Å². The lowest BCUT2D eigenvalue weighted by molar-refractivity contribution is -0.132. The predicted octanol–water partition coefficient (Wildman–Crippen LogP) is 3.09. The van der Waals surface area contributed by atoms with Crippen molar-refractivity contribution in [3.8, 4) is 11.5 Å². The molecule has 2 aromatic rings. The van der Waals surface area contributed by atoms with Crippen LogP contribution in [0.2, 0.25) is 5.02 Å². The topological polar surface area (TPSA) is 135 Å². The standard InChI is InChI=1S/C30H39ClN4O6/c1-18(2)15-21-17-41-25-8-6-5-7-23(25)28(37)34-24(16-26(36)35-27(19(3)4)30(39)33-21)29(38)32-13-14-40-22-11-9-20(31)10-12-22/h5-12,18-19,21,24,27H,13-17H2,1-4H3,(H,32,38)(H,33,39)(H,34,37)(H,35,36)/t21-,24+,27-/m1/s1. The summed E-state index contributed by atoms with van der Waals surface area (Å²) in [5.41, 5.74) is 0.212. The average molecular weight is 587 g/mol. The van der Waals surface area contributed by atoms with Gasteiger partial charge >= 0.3 is 0 Å². The predicted molar refractivity (Wildman–Crippen MR) is 156 cm³/mol. The first kappa shape index (κ1) is 31.7. The Labute approximate surface area is 245 Å². The number of ether oxygens (including phenoxy) is 2. The van der Waals surface area contributed by atoms with Crippen molar-refractivity contribution < 1.29 is 28.7 Å². The van der Waals surface area contributed by atoms with E-state index in [-0.39, 0.29) is 55.5 Å². The summed E-state index contributed by atoms with van der Waals surface area (Å²) in [6, 6.07) is 11.1. The van der Waals surface area contributed by atoms with Gasteiger partial charge in [0.25, 0.3) is 5.91 Å². The molecule has 0 bridgehead atoms. The van der Waals surface area contributed by atoms with Crippen LogP contribution in [0.25, 0.3) is 0 Å². The Hall–Kier alpha value is -3.79. The lowest BCUT2D eigenvalue weighted by Gasteiger charge is -2.28. The minimum Gasteiger partial charge on any atom is -0.492 e. The van der Waals surface area contributed by atoms with E-state index in [1.54, 1.807) is 48.5 Å². The molecule has 2 aromatic carbocycles. The number of carbonyl (C=O) groups excluding carboxylic acids is 4. The Kier molecular flexibility index (Phi) is 11.8. The number of benzene rings is 2. The minimum absolute atomic E-state index is 0.128. The molecule has 0 saturated carbocycles. The largest absolute Gasteiger partial charge is 0.492 e. The number of fused-ring (bicyclic) bond motifs is 1. The van der Waals surface area contributed by atoms with E-state index in [0.717, 1.165) is 0 Å². The number of nitrogens with one attached hydrogen (secondary N) is 4. The maximum absolute atomic E-state index is 13.3. The van der Waals surface area contributed by atoms with Crippen LogP contribution in [0.4, 0.5) is 0 Å². The smallest absolute Gasteiger partial charge is 0.255 e. The maximum Gasteiger partial charge on any atom is 0.255 e. The summed E-state index contributed by atoms with van der Waals surface area (Å²) < 4.78 is 11.6. The van der Waals surface area contributed by atoms with E-state index < -0.39 is 29.8 Å². The second-order valence-corrected chi connectivity index (χ2v) is 11.2. The minimum atomic E-state index is -1.21. The highest BCUT2D eigenvalue weighted by molar-refractivity contribution is 6.30. The second kappa shape index (κ2) is 15.3. The van der Waals surface area contributed by atoms with Gasteiger partial charge in [-0.05, 0) is 54.7 Å². The molecule has 0 aliphatic carbocycles.